The standard InChI is InChI=1S/C18H17FN4O/c1-12-5-3-4-6-17(12)21-20-11-16-13(2)22-23(18(16)24)15-9-7-14(19)8-10-15/h3-11,21-22H,1-2H3/b20-11-. The molecule has 0 fully saturated rings. The number of H-pyrrole nitrogens is 1. The molecule has 0 amide bonds. The molecule has 0 bridgehead atoms. The molecule has 2 N–H and O–H groups in total. The lowest BCUT2D eigenvalue weighted by atomic mass is 10.2. The molecule has 0 unspecified atom stereocenters. The predicted octanol–water partition coefficient (Wildman–Crippen LogP) is 3.37. The van der Waals surface area contributed by atoms with Gasteiger partial charge in [-0.05, 0) is 49.7 Å². The van der Waals surface area contributed by atoms with E-state index in [4.69, 9.17) is 0 Å². The summed E-state index contributed by atoms with van der Waals surface area (Å²) in [5.74, 6) is -0.348. The van der Waals surface area contributed by atoms with E-state index in [9.17, 15) is 9.18 Å². The van der Waals surface area contributed by atoms with Crippen LogP contribution in [0, 0.1) is 19.7 Å². The first-order chi connectivity index (χ1) is 11.6. The number of aromatic nitrogens is 2. The summed E-state index contributed by atoms with van der Waals surface area (Å²) in [5.41, 5.74) is 6.31. The highest BCUT2D eigenvalue weighted by Crippen LogP contribution is 2.13. The highest BCUT2D eigenvalue weighted by molar-refractivity contribution is 5.81. The second-order valence-electron chi connectivity index (χ2n) is 5.45. The van der Waals surface area contributed by atoms with Gasteiger partial charge in [0.25, 0.3) is 5.56 Å². The van der Waals surface area contributed by atoms with Gasteiger partial charge in [-0.1, -0.05) is 18.2 Å². The molecule has 0 aliphatic rings. The highest BCUT2D eigenvalue weighted by atomic mass is 19.1. The van der Waals surface area contributed by atoms with E-state index < -0.39 is 0 Å². The van der Waals surface area contributed by atoms with Crippen LogP contribution in [0.15, 0.2) is 58.4 Å². The van der Waals surface area contributed by atoms with Gasteiger partial charge in [-0.15, -0.1) is 0 Å². The zero-order chi connectivity index (χ0) is 17.1. The lowest BCUT2D eigenvalue weighted by molar-refractivity contribution is 0.627. The first kappa shape index (κ1) is 15.7. The van der Waals surface area contributed by atoms with Gasteiger partial charge in [0.15, 0.2) is 0 Å². The SMILES string of the molecule is Cc1ccccc1N/N=C\c1c(C)[nH]n(-c2ccc(F)cc2)c1=O. The third-order valence-electron chi connectivity index (χ3n) is 3.73. The van der Waals surface area contributed by atoms with Gasteiger partial charge in [0, 0.05) is 5.69 Å². The quantitative estimate of drug-likeness (QED) is 0.571. The molecule has 1 aromatic heterocycles. The molecule has 122 valence electrons. The van der Waals surface area contributed by atoms with Gasteiger partial charge in [0.2, 0.25) is 0 Å². The Hall–Kier alpha value is -3.15. The molecule has 3 rings (SSSR count). The molecule has 5 nitrogen and oxygen atoms in total. The third-order valence-corrected chi connectivity index (χ3v) is 3.73. The van der Waals surface area contributed by atoms with Crippen molar-refractivity contribution in [2.75, 3.05) is 5.43 Å². The van der Waals surface area contributed by atoms with E-state index in [1.165, 1.54) is 23.0 Å². The summed E-state index contributed by atoms with van der Waals surface area (Å²) >= 11 is 0. The molecule has 0 saturated carbocycles. The fraction of sp³-hybridized carbons (Fsp3) is 0.111. The molecule has 0 atom stereocenters. The van der Waals surface area contributed by atoms with Crippen molar-refractivity contribution in [1.82, 2.24) is 9.78 Å². The molecule has 6 heteroatoms. The van der Waals surface area contributed by atoms with Crippen molar-refractivity contribution in [3.05, 3.63) is 81.5 Å². The monoisotopic (exact) mass is 324 g/mol. The van der Waals surface area contributed by atoms with Crippen LogP contribution in [0.1, 0.15) is 16.8 Å². The fourth-order valence-corrected chi connectivity index (χ4v) is 2.35. The van der Waals surface area contributed by atoms with Crippen LogP contribution in [-0.4, -0.2) is 16.0 Å². The van der Waals surface area contributed by atoms with E-state index in [1.54, 1.807) is 19.1 Å². The Labute approximate surface area is 138 Å². The number of benzene rings is 2. The number of hydrogen-bond donors (Lipinski definition) is 2. The number of halogens is 1. The molecule has 2 aromatic carbocycles. The van der Waals surface area contributed by atoms with E-state index in [-0.39, 0.29) is 11.4 Å². The number of aryl methyl sites for hydroxylation is 2. The van der Waals surface area contributed by atoms with E-state index >= 15 is 0 Å². The zero-order valence-corrected chi connectivity index (χ0v) is 13.4. The van der Waals surface area contributed by atoms with Gasteiger partial charge in [0.05, 0.1) is 23.2 Å². The summed E-state index contributed by atoms with van der Waals surface area (Å²) in [5, 5.41) is 7.12. The van der Waals surface area contributed by atoms with Crippen molar-refractivity contribution in [3.63, 3.8) is 0 Å². The van der Waals surface area contributed by atoms with E-state index in [0.717, 1.165) is 11.3 Å². The number of hydrazone groups is 1. The first-order valence-electron chi connectivity index (χ1n) is 7.48. The number of aromatic amines is 1. The summed E-state index contributed by atoms with van der Waals surface area (Å²) in [4.78, 5) is 12.5. The molecule has 0 aliphatic heterocycles. The minimum atomic E-state index is -0.348. The fourth-order valence-electron chi connectivity index (χ4n) is 2.35. The second kappa shape index (κ2) is 6.54. The summed E-state index contributed by atoms with van der Waals surface area (Å²) in [6.07, 6.45) is 1.49. The van der Waals surface area contributed by atoms with Crippen LogP contribution >= 0.6 is 0 Å². The Balaban J connectivity index is 1.87. The lowest BCUT2D eigenvalue weighted by Crippen LogP contribution is -2.17. The van der Waals surface area contributed by atoms with E-state index in [0.29, 0.717) is 16.9 Å². The highest BCUT2D eigenvalue weighted by Gasteiger charge is 2.10. The molecule has 0 spiro atoms. The number of nitrogens with zero attached hydrogens (tertiary/aromatic N) is 2. The topological polar surface area (TPSA) is 62.2 Å². The van der Waals surface area contributed by atoms with Crippen LogP contribution < -0.4 is 11.0 Å². The van der Waals surface area contributed by atoms with Gasteiger partial charge in [-0.2, -0.15) is 5.10 Å². The average molecular weight is 324 g/mol. The zero-order valence-electron chi connectivity index (χ0n) is 13.4. The number of rotatable bonds is 4. The molecule has 3 aromatic rings. The van der Waals surface area contributed by atoms with Crippen LogP contribution in [0.4, 0.5) is 10.1 Å². The molecule has 0 saturated heterocycles. The Morgan fingerprint density at radius 3 is 2.54 bits per heavy atom. The third kappa shape index (κ3) is 3.12. The van der Waals surface area contributed by atoms with E-state index in [2.05, 4.69) is 15.6 Å². The van der Waals surface area contributed by atoms with Crippen molar-refractivity contribution in [1.29, 1.82) is 0 Å². The number of hydrogen-bond acceptors (Lipinski definition) is 3. The smallest absolute Gasteiger partial charge is 0.280 e. The van der Waals surface area contributed by atoms with Crippen LogP contribution in [-0.2, 0) is 0 Å². The largest absolute Gasteiger partial charge is 0.295 e. The van der Waals surface area contributed by atoms with Crippen LogP contribution in [0.3, 0.4) is 0 Å². The van der Waals surface area contributed by atoms with Gasteiger partial charge in [0.1, 0.15) is 5.82 Å². The average Bonchev–Trinajstić information content (AvgIpc) is 2.85. The number of nitrogens with one attached hydrogen (secondary N) is 2. The van der Waals surface area contributed by atoms with Crippen molar-refractivity contribution in [2.24, 2.45) is 5.10 Å². The van der Waals surface area contributed by atoms with Gasteiger partial charge >= 0.3 is 0 Å². The van der Waals surface area contributed by atoms with Crippen molar-refractivity contribution in [3.8, 4) is 5.69 Å². The maximum absolute atomic E-state index is 13.0. The molecule has 0 aliphatic carbocycles. The summed E-state index contributed by atoms with van der Waals surface area (Å²) < 4.78 is 14.4. The Kier molecular flexibility index (Phi) is 4.29. The van der Waals surface area contributed by atoms with Crippen LogP contribution in [0.2, 0.25) is 0 Å². The number of anilines is 1. The normalized spacial score (nSPS) is 11.1. The summed E-state index contributed by atoms with van der Waals surface area (Å²) in [7, 11) is 0. The van der Waals surface area contributed by atoms with Gasteiger partial charge < -0.3 is 0 Å². The second-order valence-corrected chi connectivity index (χ2v) is 5.45. The Bertz CT molecular complexity index is 938. The van der Waals surface area contributed by atoms with Crippen molar-refractivity contribution >= 4 is 11.9 Å². The Morgan fingerprint density at radius 2 is 1.83 bits per heavy atom. The van der Waals surface area contributed by atoms with E-state index in [1.807, 2.05) is 31.2 Å². The molecule has 0 radical (unpaired) electrons. The molecular weight excluding hydrogens is 307 g/mol. The van der Waals surface area contributed by atoms with Gasteiger partial charge in [-0.3, -0.25) is 15.3 Å². The molecule has 1 heterocycles. The maximum atomic E-state index is 13.0. The summed E-state index contributed by atoms with van der Waals surface area (Å²) in [6, 6.07) is 13.4. The first-order valence-corrected chi connectivity index (χ1v) is 7.48. The summed E-state index contributed by atoms with van der Waals surface area (Å²) in [6.45, 7) is 3.76. The van der Waals surface area contributed by atoms with Crippen molar-refractivity contribution < 1.29 is 4.39 Å². The molecular formula is C18H17FN4O. The predicted molar refractivity (Wildman–Crippen MR) is 93.5 cm³/mol. The minimum absolute atomic E-state index is 0.241. The van der Waals surface area contributed by atoms with Crippen LogP contribution in [0.5, 0.6) is 0 Å². The Morgan fingerprint density at radius 1 is 1.12 bits per heavy atom. The molecule has 24 heavy (non-hydrogen) atoms. The van der Waals surface area contributed by atoms with Crippen molar-refractivity contribution in [2.45, 2.75) is 13.8 Å². The lowest BCUT2D eigenvalue weighted by Gasteiger charge is -2.02. The number of para-hydroxylation sites is 1. The minimum Gasteiger partial charge on any atom is -0.295 e. The van der Waals surface area contributed by atoms with Gasteiger partial charge in [-0.25, -0.2) is 9.07 Å². The van der Waals surface area contributed by atoms with Crippen LogP contribution in [0.25, 0.3) is 5.69 Å². The maximum Gasteiger partial charge on any atom is 0.280 e.